The number of anilines is 1. The summed E-state index contributed by atoms with van der Waals surface area (Å²) >= 11 is 1.69. The highest BCUT2D eigenvalue weighted by molar-refractivity contribution is 7.10. The summed E-state index contributed by atoms with van der Waals surface area (Å²) in [4.78, 5) is 16.3. The lowest BCUT2D eigenvalue weighted by Gasteiger charge is -2.37. The van der Waals surface area contributed by atoms with Gasteiger partial charge >= 0.3 is 0 Å². The molecule has 7 heteroatoms. The first-order valence-electron chi connectivity index (χ1n) is 10.1. The van der Waals surface area contributed by atoms with Crippen molar-refractivity contribution in [3.05, 3.63) is 69.9 Å². The molecule has 0 saturated heterocycles. The minimum absolute atomic E-state index is 0.0142. The quantitative estimate of drug-likeness (QED) is 0.594. The third-order valence-electron chi connectivity index (χ3n) is 5.49. The van der Waals surface area contributed by atoms with Crippen molar-refractivity contribution < 1.29 is 19.0 Å². The fraction of sp³-hybridized carbons (Fsp3) is 0.292. The van der Waals surface area contributed by atoms with E-state index < -0.39 is 0 Å². The van der Waals surface area contributed by atoms with Crippen LogP contribution in [0.2, 0.25) is 0 Å². The predicted octanol–water partition coefficient (Wildman–Crippen LogP) is 4.36. The Bertz CT molecular complexity index is 1050. The first kappa shape index (κ1) is 21.2. The highest BCUT2D eigenvalue weighted by atomic mass is 32.1. The van der Waals surface area contributed by atoms with Crippen molar-refractivity contribution in [2.45, 2.75) is 12.5 Å². The topological polar surface area (TPSA) is 60.0 Å². The molecule has 1 aliphatic rings. The van der Waals surface area contributed by atoms with Gasteiger partial charge in [0.1, 0.15) is 5.75 Å². The van der Waals surface area contributed by atoms with E-state index in [0.29, 0.717) is 11.5 Å². The van der Waals surface area contributed by atoms with Crippen molar-refractivity contribution in [3.8, 4) is 17.2 Å². The Morgan fingerprint density at radius 2 is 1.87 bits per heavy atom. The Hall–Kier alpha value is -3.03. The number of ether oxygens (including phenoxy) is 3. The maximum Gasteiger partial charge on any atom is 0.238 e. The molecule has 1 unspecified atom stereocenters. The van der Waals surface area contributed by atoms with Crippen molar-refractivity contribution in [1.29, 1.82) is 0 Å². The van der Waals surface area contributed by atoms with Crippen LogP contribution in [0.1, 0.15) is 22.0 Å². The average Bonchev–Trinajstić information content (AvgIpc) is 3.32. The van der Waals surface area contributed by atoms with Gasteiger partial charge in [-0.15, -0.1) is 11.3 Å². The number of carbonyl (C=O) groups excluding carboxylic acids is 1. The molecule has 6 nitrogen and oxygen atoms in total. The summed E-state index contributed by atoms with van der Waals surface area (Å²) in [6, 6.07) is 15.6. The van der Waals surface area contributed by atoms with Crippen molar-refractivity contribution in [1.82, 2.24) is 4.90 Å². The maximum absolute atomic E-state index is 12.9. The maximum atomic E-state index is 12.9. The molecule has 31 heavy (non-hydrogen) atoms. The van der Waals surface area contributed by atoms with Gasteiger partial charge in [0, 0.05) is 23.2 Å². The fourth-order valence-corrected chi connectivity index (χ4v) is 4.91. The number of fused-ring (bicyclic) bond motifs is 1. The van der Waals surface area contributed by atoms with Crippen LogP contribution in [0.5, 0.6) is 17.2 Å². The molecule has 4 rings (SSSR count). The number of nitrogens with zero attached hydrogens (tertiary/aromatic N) is 1. The molecule has 0 radical (unpaired) electrons. The van der Waals surface area contributed by atoms with Gasteiger partial charge in [0.25, 0.3) is 0 Å². The molecule has 0 aliphatic carbocycles. The van der Waals surface area contributed by atoms with Crippen LogP contribution in [0, 0.1) is 0 Å². The Morgan fingerprint density at radius 1 is 1.06 bits per heavy atom. The van der Waals surface area contributed by atoms with Crippen molar-refractivity contribution in [3.63, 3.8) is 0 Å². The molecule has 1 aromatic heterocycles. The van der Waals surface area contributed by atoms with Gasteiger partial charge in [-0.2, -0.15) is 0 Å². The third kappa shape index (κ3) is 4.52. The number of amides is 1. The predicted molar refractivity (Wildman–Crippen MR) is 123 cm³/mol. The second-order valence-electron chi connectivity index (χ2n) is 7.32. The van der Waals surface area contributed by atoms with Gasteiger partial charge in [-0.3, -0.25) is 9.69 Å². The second-order valence-corrected chi connectivity index (χ2v) is 8.30. The Morgan fingerprint density at radius 3 is 2.58 bits per heavy atom. The van der Waals surface area contributed by atoms with Crippen LogP contribution in [-0.4, -0.2) is 45.2 Å². The Kier molecular flexibility index (Phi) is 6.44. The van der Waals surface area contributed by atoms with Gasteiger partial charge in [0.2, 0.25) is 5.91 Å². The van der Waals surface area contributed by atoms with Crippen molar-refractivity contribution in [2.24, 2.45) is 0 Å². The first-order chi connectivity index (χ1) is 15.1. The molecular formula is C24H26N2O4S. The van der Waals surface area contributed by atoms with Crippen LogP contribution >= 0.6 is 11.3 Å². The van der Waals surface area contributed by atoms with Gasteiger partial charge in [0.05, 0.1) is 33.9 Å². The number of hydrogen-bond donors (Lipinski definition) is 1. The van der Waals surface area contributed by atoms with E-state index in [1.54, 1.807) is 32.7 Å². The zero-order valence-electron chi connectivity index (χ0n) is 17.9. The normalized spacial score (nSPS) is 15.8. The SMILES string of the molecule is COc1cccc(NC(=O)CN2CCc3cc(OC)c(OC)cc3C2c2cccs2)c1. The fourth-order valence-electron chi connectivity index (χ4n) is 4.03. The minimum Gasteiger partial charge on any atom is -0.497 e. The number of carbonyl (C=O) groups is 1. The Labute approximate surface area is 186 Å². The smallest absolute Gasteiger partial charge is 0.238 e. The van der Waals surface area contributed by atoms with Crippen LogP contribution < -0.4 is 19.5 Å². The van der Waals surface area contributed by atoms with Crippen molar-refractivity contribution >= 4 is 22.9 Å². The van der Waals surface area contributed by atoms with E-state index in [-0.39, 0.29) is 18.5 Å². The molecular weight excluding hydrogens is 412 g/mol. The number of rotatable bonds is 7. The molecule has 1 aliphatic heterocycles. The Balaban J connectivity index is 1.61. The van der Waals surface area contributed by atoms with E-state index in [1.807, 2.05) is 36.4 Å². The largest absolute Gasteiger partial charge is 0.497 e. The standard InChI is InChI=1S/C24H26N2O4S/c1-28-18-7-4-6-17(13-18)25-23(27)15-26-10-9-16-12-20(29-2)21(30-3)14-19(16)24(26)22-8-5-11-31-22/h4-8,11-14,24H,9-10,15H2,1-3H3,(H,25,27). The third-order valence-corrected chi connectivity index (χ3v) is 6.41. The number of methoxy groups -OCH3 is 3. The highest BCUT2D eigenvalue weighted by Gasteiger charge is 2.32. The van der Waals surface area contributed by atoms with Crippen molar-refractivity contribution in [2.75, 3.05) is 39.7 Å². The molecule has 2 aromatic carbocycles. The summed E-state index contributed by atoms with van der Waals surface area (Å²) in [5.74, 6) is 2.09. The molecule has 1 atom stereocenters. The van der Waals surface area contributed by atoms with Crippen LogP contribution in [0.25, 0.3) is 0 Å². The monoisotopic (exact) mass is 438 g/mol. The number of hydrogen-bond acceptors (Lipinski definition) is 6. The molecule has 1 amide bonds. The van der Waals surface area contributed by atoms with Gasteiger partial charge < -0.3 is 19.5 Å². The lowest BCUT2D eigenvalue weighted by molar-refractivity contribution is -0.117. The van der Waals surface area contributed by atoms with Crippen LogP contribution in [0.3, 0.4) is 0 Å². The lowest BCUT2D eigenvalue weighted by Crippen LogP contribution is -2.40. The lowest BCUT2D eigenvalue weighted by atomic mass is 9.91. The van der Waals surface area contributed by atoms with Crippen LogP contribution in [0.4, 0.5) is 5.69 Å². The molecule has 0 fully saturated rings. The van der Waals surface area contributed by atoms with Crippen LogP contribution in [0.15, 0.2) is 53.9 Å². The molecule has 1 N–H and O–H groups in total. The first-order valence-corrected chi connectivity index (χ1v) is 11.0. The van der Waals surface area contributed by atoms with Crippen LogP contribution in [-0.2, 0) is 11.2 Å². The highest BCUT2D eigenvalue weighted by Crippen LogP contribution is 2.42. The zero-order valence-corrected chi connectivity index (χ0v) is 18.7. The molecule has 0 spiro atoms. The number of thiophene rings is 1. The van der Waals surface area contributed by atoms with Gasteiger partial charge in [-0.1, -0.05) is 12.1 Å². The van der Waals surface area contributed by atoms with Gasteiger partial charge in [-0.05, 0) is 53.3 Å². The zero-order chi connectivity index (χ0) is 21.8. The van der Waals surface area contributed by atoms with Gasteiger partial charge in [-0.25, -0.2) is 0 Å². The molecule has 0 bridgehead atoms. The summed E-state index contributed by atoms with van der Waals surface area (Å²) in [5.41, 5.74) is 3.10. The summed E-state index contributed by atoms with van der Waals surface area (Å²) in [6.45, 7) is 1.06. The van der Waals surface area contributed by atoms with E-state index in [4.69, 9.17) is 14.2 Å². The van der Waals surface area contributed by atoms with E-state index in [0.717, 1.165) is 30.0 Å². The summed E-state index contributed by atoms with van der Waals surface area (Å²) in [6.07, 6.45) is 0.837. The number of nitrogens with one attached hydrogen (secondary N) is 1. The average molecular weight is 439 g/mol. The molecule has 162 valence electrons. The number of benzene rings is 2. The second kappa shape index (κ2) is 9.41. The van der Waals surface area contributed by atoms with E-state index in [1.165, 1.54) is 10.4 Å². The molecule has 0 saturated carbocycles. The molecule has 2 heterocycles. The minimum atomic E-state index is -0.0567. The van der Waals surface area contributed by atoms with E-state index >= 15 is 0 Å². The summed E-state index contributed by atoms with van der Waals surface area (Å²) in [5, 5.41) is 5.06. The molecule has 3 aromatic rings. The van der Waals surface area contributed by atoms with E-state index in [2.05, 4.69) is 27.7 Å². The van der Waals surface area contributed by atoms with E-state index in [9.17, 15) is 4.79 Å². The summed E-state index contributed by atoms with van der Waals surface area (Å²) in [7, 11) is 4.91. The van der Waals surface area contributed by atoms with Gasteiger partial charge in [0.15, 0.2) is 11.5 Å². The summed E-state index contributed by atoms with van der Waals surface area (Å²) < 4.78 is 16.3.